The number of halogens is 1. The van der Waals surface area contributed by atoms with Crippen LogP contribution in [0.3, 0.4) is 0 Å². The van der Waals surface area contributed by atoms with Gasteiger partial charge in [-0.05, 0) is 42.7 Å². The molecule has 0 saturated carbocycles. The lowest BCUT2D eigenvalue weighted by Crippen LogP contribution is -1.98. The van der Waals surface area contributed by atoms with Crippen LogP contribution in [0.15, 0.2) is 30.3 Å². The lowest BCUT2D eigenvalue weighted by Gasteiger charge is -2.09. The Morgan fingerprint density at radius 3 is 2.45 bits per heavy atom. The van der Waals surface area contributed by atoms with Crippen molar-refractivity contribution in [3.05, 3.63) is 41.2 Å². The molecular weight excluding hydrogens is 272 g/mol. The fourth-order valence-corrected chi connectivity index (χ4v) is 1.97. The molecule has 2 rings (SSSR count). The second-order valence-corrected chi connectivity index (χ2v) is 5.35. The van der Waals surface area contributed by atoms with E-state index in [0.29, 0.717) is 16.9 Å². The zero-order valence-electron chi connectivity index (χ0n) is 12.1. The summed E-state index contributed by atoms with van der Waals surface area (Å²) in [6, 6.07) is 9.60. The third kappa shape index (κ3) is 3.70. The molecule has 0 spiro atoms. The van der Waals surface area contributed by atoms with Gasteiger partial charge in [-0.3, -0.25) is 0 Å². The van der Waals surface area contributed by atoms with Gasteiger partial charge in [-0.25, -0.2) is 9.97 Å². The molecule has 0 bridgehead atoms. The molecule has 4 heteroatoms. The first-order chi connectivity index (χ1) is 9.60. The lowest BCUT2D eigenvalue weighted by atomic mass is 10.1. The third-order valence-electron chi connectivity index (χ3n) is 2.89. The van der Waals surface area contributed by atoms with E-state index in [2.05, 4.69) is 30.7 Å². The number of hydrogen-bond acceptors (Lipinski definition) is 3. The van der Waals surface area contributed by atoms with Crippen molar-refractivity contribution < 1.29 is 4.74 Å². The van der Waals surface area contributed by atoms with Gasteiger partial charge in [0.15, 0.2) is 5.82 Å². The van der Waals surface area contributed by atoms with Gasteiger partial charge < -0.3 is 4.74 Å². The predicted molar refractivity (Wildman–Crippen MR) is 82.4 cm³/mol. The standard InChI is InChI=1S/C16H19ClN2O/c1-4-9-20-13-7-5-12(6-8-13)16-18-14(11(2)3)10-15(17)19-16/h5-8,10-11H,4,9H2,1-3H3. The van der Waals surface area contributed by atoms with E-state index in [1.54, 1.807) is 0 Å². The number of nitrogens with zero attached hydrogens (tertiary/aromatic N) is 2. The van der Waals surface area contributed by atoms with E-state index in [9.17, 15) is 0 Å². The van der Waals surface area contributed by atoms with Crippen molar-refractivity contribution in [3.63, 3.8) is 0 Å². The van der Waals surface area contributed by atoms with Gasteiger partial charge in [-0.2, -0.15) is 0 Å². The quantitative estimate of drug-likeness (QED) is 0.748. The number of hydrogen-bond donors (Lipinski definition) is 0. The molecule has 0 fully saturated rings. The minimum Gasteiger partial charge on any atom is -0.494 e. The summed E-state index contributed by atoms with van der Waals surface area (Å²) >= 11 is 6.07. The Kier molecular flexibility index (Phi) is 4.96. The molecule has 3 nitrogen and oxygen atoms in total. The smallest absolute Gasteiger partial charge is 0.161 e. The fraction of sp³-hybridized carbons (Fsp3) is 0.375. The molecule has 20 heavy (non-hydrogen) atoms. The monoisotopic (exact) mass is 290 g/mol. The van der Waals surface area contributed by atoms with Crippen LogP contribution in [-0.4, -0.2) is 16.6 Å². The first-order valence-electron chi connectivity index (χ1n) is 6.88. The Labute approximate surface area is 125 Å². The van der Waals surface area contributed by atoms with Crippen molar-refractivity contribution in [1.29, 1.82) is 0 Å². The molecule has 0 radical (unpaired) electrons. The van der Waals surface area contributed by atoms with Crippen LogP contribution in [-0.2, 0) is 0 Å². The summed E-state index contributed by atoms with van der Waals surface area (Å²) in [5, 5.41) is 0.477. The summed E-state index contributed by atoms with van der Waals surface area (Å²) in [5.74, 6) is 1.84. The summed E-state index contributed by atoms with van der Waals surface area (Å²) in [7, 11) is 0. The highest BCUT2D eigenvalue weighted by Gasteiger charge is 2.08. The van der Waals surface area contributed by atoms with E-state index in [4.69, 9.17) is 16.3 Å². The highest BCUT2D eigenvalue weighted by atomic mass is 35.5. The van der Waals surface area contributed by atoms with Crippen LogP contribution < -0.4 is 4.74 Å². The summed E-state index contributed by atoms with van der Waals surface area (Å²) < 4.78 is 5.56. The second kappa shape index (κ2) is 6.71. The van der Waals surface area contributed by atoms with Crippen LogP contribution in [0, 0.1) is 0 Å². The molecule has 0 aliphatic rings. The Bertz CT molecular complexity index is 567. The molecule has 106 valence electrons. The van der Waals surface area contributed by atoms with Crippen LogP contribution in [0.25, 0.3) is 11.4 Å². The van der Waals surface area contributed by atoms with E-state index in [1.807, 2.05) is 30.3 Å². The van der Waals surface area contributed by atoms with Crippen molar-refractivity contribution in [2.45, 2.75) is 33.1 Å². The Morgan fingerprint density at radius 2 is 1.85 bits per heavy atom. The predicted octanol–water partition coefficient (Wildman–Crippen LogP) is 4.71. The number of ether oxygens (including phenoxy) is 1. The fourth-order valence-electron chi connectivity index (χ4n) is 1.78. The molecule has 1 aromatic heterocycles. The van der Waals surface area contributed by atoms with Crippen molar-refractivity contribution in [2.75, 3.05) is 6.61 Å². The van der Waals surface area contributed by atoms with Gasteiger partial charge in [0.1, 0.15) is 10.9 Å². The maximum atomic E-state index is 6.07. The minimum atomic E-state index is 0.321. The third-order valence-corrected chi connectivity index (χ3v) is 3.09. The van der Waals surface area contributed by atoms with E-state index in [0.717, 1.165) is 30.0 Å². The van der Waals surface area contributed by atoms with Crippen molar-refractivity contribution in [3.8, 4) is 17.1 Å². The van der Waals surface area contributed by atoms with Crippen LogP contribution >= 0.6 is 11.6 Å². The van der Waals surface area contributed by atoms with Gasteiger partial charge in [0.2, 0.25) is 0 Å². The maximum Gasteiger partial charge on any atom is 0.161 e. The molecule has 0 aliphatic heterocycles. The zero-order chi connectivity index (χ0) is 14.5. The van der Waals surface area contributed by atoms with Crippen molar-refractivity contribution in [2.24, 2.45) is 0 Å². The van der Waals surface area contributed by atoms with Crippen LogP contribution in [0.5, 0.6) is 5.75 Å². The molecule has 0 unspecified atom stereocenters. The zero-order valence-corrected chi connectivity index (χ0v) is 12.8. The Morgan fingerprint density at radius 1 is 1.15 bits per heavy atom. The van der Waals surface area contributed by atoms with Crippen molar-refractivity contribution in [1.82, 2.24) is 9.97 Å². The van der Waals surface area contributed by atoms with Crippen molar-refractivity contribution >= 4 is 11.6 Å². The van der Waals surface area contributed by atoms with E-state index in [-0.39, 0.29) is 0 Å². The van der Waals surface area contributed by atoms with E-state index in [1.165, 1.54) is 0 Å². The van der Waals surface area contributed by atoms with Gasteiger partial charge in [0.05, 0.1) is 6.61 Å². The molecule has 0 atom stereocenters. The number of benzene rings is 1. The lowest BCUT2D eigenvalue weighted by molar-refractivity contribution is 0.317. The van der Waals surface area contributed by atoms with E-state index < -0.39 is 0 Å². The Balaban J connectivity index is 2.27. The largest absolute Gasteiger partial charge is 0.494 e. The first kappa shape index (κ1) is 14.8. The van der Waals surface area contributed by atoms with E-state index >= 15 is 0 Å². The minimum absolute atomic E-state index is 0.321. The molecule has 0 N–H and O–H groups in total. The average molecular weight is 291 g/mol. The molecule has 1 aromatic carbocycles. The van der Waals surface area contributed by atoms with Crippen LogP contribution in [0.4, 0.5) is 0 Å². The van der Waals surface area contributed by atoms with Gasteiger partial charge >= 0.3 is 0 Å². The number of rotatable bonds is 5. The summed E-state index contributed by atoms with van der Waals surface area (Å²) in [5.41, 5.74) is 1.89. The molecule has 0 amide bonds. The Hall–Kier alpha value is -1.61. The molecule has 0 saturated heterocycles. The molecule has 2 aromatic rings. The van der Waals surface area contributed by atoms with Gasteiger partial charge in [-0.15, -0.1) is 0 Å². The maximum absolute atomic E-state index is 6.07. The molecule has 0 aliphatic carbocycles. The molecule has 1 heterocycles. The number of aromatic nitrogens is 2. The molecular formula is C16H19ClN2O. The summed E-state index contributed by atoms with van der Waals surface area (Å²) in [4.78, 5) is 8.85. The second-order valence-electron chi connectivity index (χ2n) is 4.97. The van der Waals surface area contributed by atoms with Gasteiger partial charge in [-0.1, -0.05) is 32.4 Å². The average Bonchev–Trinajstić information content (AvgIpc) is 2.45. The SMILES string of the molecule is CCCOc1ccc(-c2nc(Cl)cc(C(C)C)n2)cc1. The first-order valence-corrected chi connectivity index (χ1v) is 7.25. The van der Waals surface area contributed by atoms with Crippen LogP contribution in [0.1, 0.15) is 38.8 Å². The summed E-state index contributed by atoms with van der Waals surface area (Å²) in [6.45, 7) is 6.99. The summed E-state index contributed by atoms with van der Waals surface area (Å²) in [6.07, 6.45) is 0.997. The van der Waals surface area contributed by atoms with Gasteiger partial charge in [0, 0.05) is 11.3 Å². The topological polar surface area (TPSA) is 35.0 Å². The highest BCUT2D eigenvalue weighted by molar-refractivity contribution is 6.29. The highest BCUT2D eigenvalue weighted by Crippen LogP contribution is 2.23. The van der Waals surface area contributed by atoms with Gasteiger partial charge in [0.25, 0.3) is 0 Å². The normalized spacial score (nSPS) is 10.8. The van der Waals surface area contributed by atoms with Crippen LogP contribution in [0.2, 0.25) is 5.15 Å².